The number of benzene rings is 1. The lowest BCUT2D eigenvalue weighted by atomic mass is 9.96. The zero-order chi connectivity index (χ0) is 13.4. The fourth-order valence-corrected chi connectivity index (χ4v) is 2.64. The zero-order valence-electron chi connectivity index (χ0n) is 10.2. The molecule has 0 radical (unpaired) electrons. The van der Waals surface area contributed by atoms with Gasteiger partial charge in [-0.3, -0.25) is 0 Å². The van der Waals surface area contributed by atoms with Gasteiger partial charge in [-0.05, 0) is 24.0 Å². The van der Waals surface area contributed by atoms with Crippen LogP contribution in [-0.4, -0.2) is 24.9 Å². The minimum absolute atomic E-state index is 0.140. The van der Waals surface area contributed by atoms with Gasteiger partial charge in [-0.1, -0.05) is 12.1 Å². The lowest BCUT2D eigenvalue weighted by Gasteiger charge is -2.24. The quantitative estimate of drug-likeness (QED) is 0.635. The molecule has 2 aliphatic heterocycles. The van der Waals surface area contributed by atoms with Gasteiger partial charge in [0.25, 0.3) is 0 Å². The van der Waals surface area contributed by atoms with Crippen molar-refractivity contribution in [3.05, 3.63) is 41.1 Å². The molecule has 2 heterocycles. The van der Waals surface area contributed by atoms with E-state index in [1.807, 2.05) is 30.5 Å². The molecule has 2 aliphatic rings. The highest BCUT2D eigenvalue weighted by atomic mass is 32.2. The number of carbonyl (C=O) groups is 2. The van der Waals surface area contributed by atoms with Crippen LogP contribution in [-0.2, 0) is 9.53 Å². The first-order chi connectivity index (χ1) is 9.19. The molecule has 1 atom stereocenters. The second-order valence-corrected chi connectivity index (χ2v) is 5.15. The van der Waals surface area contributed by atoms with E-state index < -0.39 is 6.04 Å². The Morgan fingerprint density at radius 2 is 2.00 bits per heavy atom. The summed E-state index contributed by atoms with van der Waals surface area (Å²) in [5, 5.41) is 5.37. The summed E-state index contributed by atoms with van der Waals surface area (Å²) < 4.78 is 4.97. The SMILES string of the molecule is CSc1ccc([C@@H]2NC(=O)NC3=C2C(=O)OC3)cc1. The van der Waals surface area contributed by atoms with E-state index in [4.69, 9.17) is 4.74 Å². The molecule has 1 aromatic carbocycles. The van der Waals surface area contributed by atoms with Gasteiger partial charge in [0.1, 0.15) is 6.61 Å². The number of rotatable bonds is 2. The Balaban J connectivity index is 1.99. The van der Waals surface area contributed by atoms with Gasteiger partial charge in [-0.15, -0.1) is 11.8 Å². The van der Waals surface area contributed by atoms with Crippen molar-refractivity contribution in [1.29, 1.82) is 0 Å². The second-order valence-electron chi connectivity index (χ2n) is 4.27. The molecule has 0 aliphatic carbocycles. The summed E-state index contributed by atoms with van der Waals surface area (Å²) in [5.74, 6) is -0.374. The fraction of sp³-hybridized carbons (Fsp3) is 0.231. The fourth-order valence-electron chi connectivity index (χ4n) is 2.23. The molecule has 0 saturated heterocycles. The molecule has 3 rings (SSSR count). The summed E-state index contributed by atoms with van der Waals surface area (Å²) in [6.07, 6.45) is 2.00. The molecule has 0 unspecified atom stereocenters. The van der Waals surface area contributed by atoms with Crippen LogP contribution in [0.5, 0.6) is 0 Å². The molecule has 2 N–H and O–H groups in total. The average Bonchev–Trinajstić information content (AvgIpc) is 2.79. The number of thioether (sulfide) groups is 1. The molecular weight excluding hydrogens is 264 g/mol. The Hall–Kier alpha value is -1.95. The number of amides is 2. The molecule has 6 heteroatoms. The van der Waals surface area contributed by atoms with E-state index in [1.54, 1.807) is 11.8 Å². The summed E-state index contributed by atoms with van der Waals surface area (Å²) in [5.41, 5.74) is 1.93. The highest BCUT2D eigenvalue weighted by molar-refractivity contribution is 7.98. The van der Waals surface area contributed by atoms with Gasteiger partial charge in [0.05, 0.1) is 17.3 Å². The van der Waals surface area contributed by atoms with Crippen LogP contribution >= 0.6 is 11.8 Å². The van der Waals surface area contributed by atoms with Gasteiger partial charge in [-0.25, -0.2) is 9.59 Å². The first kappa shape index (κ1) is 12.1. The van der Waals surface area contributed by atoms with Crippen LogP contribution in [0, 0.1) is 0 Å². The smallest absolute Gasteiger partial charge is 0.338 e. The highest BCUT2D eigenvalue weighted by Crippen LogP contribution is 2.31. The highest BCUT2D eigenvalue weighted by Gasteiger charge is 2.37. The van der Waals surface area contributed by atoms with Gasteiger partial charge in [0, 0.05) is 4.90 Å². The molecule has 1 aromatic rings. The van der Waals surface area contributed by atoms with Crippen molar-refractivity contribution in [3.63, 3.8) is 0 Å². The minimum atomic E-state index is -0.436. The van der Waals surface area contributed by atoms with E-state index in [0.717, 1.165) is 10.5 Å². The maximum absolute atomic E-state index is 11.7. The van der Waals surface area contributed by atoms with Crippen LogP contribution in [0.3, 0.4) is 0 Å². The number of urea groups is 1. The van der Waals surface area contributed by atoms with Gasteiger partial charge in [-0.2, -0.15) is 0 Å². The van der Waals surface area contributed by atoms with Crippen molar-refractivity contribution in [1.82, 2.24) is 10.6 Å². The van der Waals surface area contributed by atoms with Crippen molar-refractivity contribution < 1.29 is 14.3 Å². The van der Waals surface area contributed by atoms with Crippen LogP contribution in [0.1, 0.15) is 11.6 Å². The van der Waals surface area contributed by atoms with Gasteiger partial charge < -0.3 is 15.4 Å². The molecule has 98 valence electrons. The van der Waals surface area contributed by atoms with E-state index in [9.17, 15) is 9.59 Å². The second kappa shape index (κ2) is 4.62. The predicted octanol–water partition coefficient (Wildman–Crippen LogP) is 1.57. The monoisotopic (exact) mass is 276 g/mol. The number of cyclic esters (lactones) is 1. The Bertz CT molecular complexity index is 580. The van der Waals surface area contributed by atoms with Crippen molar-refractivity contribution in [2.45, 2.75) is 10.9 Å². The molecule has 0 saturated carbocycles. The zero-order valence-corrected chi connectivity index (χ0v) is 11.0. The maximum Gasteiger partial charge on any atom is 0.338 e. The number of hydrogen-bond donors (Lipinski definition) is 2. The maximum atomic E-state index is 11.7. The van der Waals surface area contributed by atoms with E-state index in [-0.39, 0.29) is 18.6 Å². The summed E-state index contributed by atoms with van der Waals surface area (Å²) in [6.45, 7) is 0.140. The van der Waals surface area contributed by atoms with Gasteiger partial charge in [0.15, 0.2) is 0 Å². The molecular formula is C13H12N2O3S. The van der Waals surface area contributed by atoms with Gasteiger partial charge in [0.2, 0.25) is 0 Å². The van der Waals surface area contributed by atoms with Crippen LogP contribution in [0.4, 0.5) is 4.79 Å². The topological polar surface area (TPSA) is 67.4 Å². The Morgan fingerprint density at radius 3 is 2.68 bits per heavy atom. The molecule has 5 nitrogen and oxygen atoms in total. The van der Waals surface area contributed by atoms with Crippen LogP contribution in [0.2, 0.25) is 0 Å². The number of nitrogens with one attached hydrogen (secondary N) is 2. The number of esters is 1. The largest absolute Gasteiger partial charge is 0.456 e. The first-order valence-corrected chi connectivity index (χ1v) is 7.03. The summed E-state index contributed by atoms with van der Waals surface area (Å²) in [7, 11) is 0. The standard InChI is InChI=1S/C13H12N2O3S/c1-19-8-4-2-7(3-5-8)11-10-9(6-18-12(10)16)14-13(17)15-11/h2-5,11H,6H2,1H3,(H2,14,15,17)/t11-/m0/s1. The Kier molecular flexibility index (Phi) is 2.94. The van der Waals surface area contributed by atoms with Crippen LogP contribution in [0.15, 0.2) is 40.4 Å². The third-order valence-electron chi connectivity index (χ3n) is 3.17. The molecule has 0 bridgehead atoms. The Morgan fingerprint density at radius 1 is 1.26 bits per heavy atom. The number of carbonyl (C=O) groups excluding carboxylic acids is 2. The Labute approximate surface area is 114 Å². The predicted molar refractivity (Wildman–Crippen MR) is 70.6 cm³/mol. The molecule has 0 aromatic heterocycles. The van der Waals surface area contributed by atoms with Crippen molar-refractivity contribution in [3.8, 4) is 0 Å². The van der Waals surface area contributed by atoms with Crippen LogP contribution in [0.25, 0.3) is 0 Å². The third-order valence-corrected chi connectivity index (χ3v) is 3.91. The lowest BCUT2D eigenvalue weighted by Crippen LogP contribution is -2.44. The van der Waals surface area contributed by atoms with E-state index in [0.29, 0.717) is 11.3 Å². The van der Waals surface area contributed by atoms with E-state index >= 15 is 0 Å². The lowest BCUT2D eigenvalue weighted by molar-refractivity contribution is -0.136. The normalized spacial score (nSPS) is 21.6. The van der Waals surface area contributed by atoms with Crippen LogP contribution < -0.4 is 10.6 Å². The summed E-state index contributed by atoms with van der Waals surface area (Å²) >= 11 is 1.64. The van der Waals surface area contributed by atoms with E-state index in [2.05, 4.69) is 10.6 Å². The summed E-state index contributed by atoms with van der Waals surface area (Å²) in [6, 6.07) is 7.02. The summed E-state index contributed by atoms with van der Waals surface area (Å²) in [4.78, 5) is 24.5. The molecule has 0 fully saturated rings. The van der Waals surface area contributed by atoms with E-state index in [1.165, 1.54) is 0 Å². The third kappa shape index (κ3) is 2.08. The van der Waals surface area contributed by atoms with Gasteiger partial charge >= 0.3 is 12.0 Å². The average molecular weight is 276 g/mol. The van der Waals surface area contributed by atoms with Crippen molar-refractivity contribution in [2.75, 3.05) is 12.9 Å². The van der Waals surface area contributed by atoms with Crippen molar-refractivity contribution in [2.24, 2.45) is 0 Å². The minimum Gasteiger partial charge on any atom is -0.456 e. The number of ether oxygens (including phenoxy) is 1. The van der Waals surface area contributed by atoms with Crippen molar-refractivity contribution >= 4 is 23.8 Å². The number of hydrogen-bond acceptors (Lipinski definition) is 4. The molecule has 0 spiro atoms. The molecule has 19 heavy (non-hydrogen) atoms. The first-order valence-electron chi connectivity index (χ1n) is 5.80. The molecule has 2 amide bonds.